The van der Waals surface area contributed by atoms with Crippen LogP contribution in [0.4, 0.5) is 14.5 Å². The Balaban J connectivity index is 1.60. The molecule has 152 valence electrons. The third-order valence-electron chi connectivity index (χ3n) is 4.20. The normalized spacial score (nSPS) is 10.9. The average Bonchev–Trinajstić information content (AvgIpc) is 3.03. The predicted molar refractivity (Wildman–Crippen MR) is 103 cm³/mol. The van der Waals surface area contributed by atoms with Crippen molar-refractivity contribution >= 4 is 17.2 Å². The van der Waals surface area contributed by atoms with Crippen LogP contribution in [0.25, 0.3) is 5.65 Å². The number of rotatable bonds is 5. The lowest BCUT2D eigenvalue weighted by Crippen LogP contribution is -2.28. The summed E-state index contributed by atoms with van der Waals surface area (Å²) < 4.78 is 34.7. The van der Waals surface area contributed by atoms with Gasteiger partial charge >= 0.3 is 5.69 Å². The van der Waals surface area contributed by atoms with E-state index in [0.717, 1.165) is 28.4 Å². The highest BCUT2D eigenvalue weighted by Crippen LogP contribution is 2.22. The van der Waals surface area contributed by atoms with Gasteiger partial charge < -0.3 is 10.1 Å². The highest BCUT2D eigenvalue weighted by atomic mass is 19.1. The van der Waals surface area contributed by atoms with Crippen molar-refractivity contribution in [3.05, 3.63) is 82.5 Å². The molecule has 0 fully saturated rings. The summed E-state index contributed by atoms with van der Waals surface area (Å²) in [4.78, 5) is 28.9. The molecule has 0 aliphatic rings. The summed E-state index contributed by atoms with van der Waals surface area (Å²) >= 11 is 0. The standard InChI is InChI=1S/C20H15F2N5O3/c1-12-2-5-14(6-3-12)30-19-18-25-27(20(29)26(18)9-8-23-19)11-17(28)24-16-10-13(21)4-7-15(16)22/h2-10H,11H2,1H3,(H,24,28). The van der Waals surface area contributed by atoms with Gasteiger partial charge in [0.15, 0.2) is 0 Å². The molecule has 0 saturated heterocycles. The lowest BCUT2D eigenvalue weighted by atomic mass is 10.2. The van der Waals surface area contributed by atoms with Gasteiger partial charge in [0, 0.05) is 18.5 Å². The van der Waals surface area contributed by atoms with Crippen molar-refractivity contribution < 1.29 is 18.3 Å². The lowest BCUT2D eigenvalue weighted by Gasteiger charge is -2.06. The first-order valence-corrected chi connectivity index (χ1v) is 8.84. The molecule has 8 nitrogen and oxygen atoms in total. The van der Waals surface area contributed by atoms with Gasteiger partial charge in [-0.15, -0.1) is 5.10 Å². The summed E-state index contributed by atoms with van der Waals surface area (Å²) in [6, 6.07) is 9.87. The largest absolute Gasteiger partial charge is 0.436 e. The van der Waals surface area contributed by atoms with E-state index in [1.165, 1.54) is 16.8 Å². The smallest absolute Gasteiger partial charge is 0.351 e. The van der Waals surface area contributed by atoms with Crippen LogP contribution in [0.15, 0.2) is 59.7 Å². The second-order valence-corrected chi connectivity index (χ2v) is 6.45. The molecule has 0 saturated carbocycles. The zero-order valence-electron chi connectivity index (χ0n) is 15.7. The van der Waals surface area contributed by atoms with E-state index in [1.54, 1.807) is 12.1 Å². The maximum atomic E-state index is 13.7. The van der Waals surface area contributed by atoms with E-state index in [9.17, 15) is 18.4 Å². The second kappa shape index (κ2) is 7.74. The van der Waals surface area contributed by atoms with Gasteiger partial charge in [-0.25, -0.2) is 27.6 Å². The molecule has 2 heterocycles. The molecule has 0 radical (unpaired) electrons. The van der Waals surface area contributed by atoms with Gasteiger partial charge in [0.05, 0.1) is 5.69 Å². The first kappa shape index (κ1) is 19.2. The minimum absolute atomic E-state index is 0.0776. The second-order valence-electron chi connectivity index (χ2n) is 6.45. The molecule has 10 heteroatoms. The summed E-state index contributed by atoms with van der Waals surface area (Å²) in [5.41, 5.74) is 0.209. The van der Waals surface area contributed by atoms with Crippen LogP contribution in [0.1, 0.15) is 5.56 Å². The number of nitrogens with zero attached hydrogens (tertiary/aromatic N) is 4. The zero-order valence-corrected chi connectivity index (χ0v) is 15.7. The van der Waals surface area contributed by atoms with Crippen molar-refractivity contribution in [3.8, 4) is 11.6 Å². The maximum absolute atomic E-state index is 13.7. The lowest BCUT2D eigenvalue weighted by molar-refractivity contribution is -0.117. The molecule has 4 aromatic rings. The Morgan fingerprint density at radius 3 is 2.70 bits per heavy atom. The van der Waals surface area contributed by atoms with Gasteiger partial charge in [0.25, 0.3) is 5.88 Å². The molecule has 0 atom stereocenters. The van der Waals surface area contributed by atoms with Gasteiger partial charge in [0.2, 0.25) is 11.6 Å². The van der Waals surface area contributed by atoms with Crippen LogP contribution in [0.2, 0.25) is 0 Å². The monoisotopic (exact) mass is 411 g/mol. The number of hydrogen-bond donors (Lipinski definition) is 1. The van der Waals surface area contributed by atoms with Crippen LogP contribution < -0.4 is 15.7 Å². The predicted octanol–water partition coefficient (Wildman–Crippen LogP) is 2.91. The number of nitrogens with one attached hydrogen (secondary N) is 1. The van der Waals surface area contributed by atoms with Crippen LogP contribution in [-0.4, -0.2) is 25.1 Å². The number of halogens is 2. The number of carbonyl (C=O) groups excluding carboxylic acids is 1. The molecule has 4 rings (SSSR count). The zero-order chi connectivity index (χ0) is 21.3. The Morgan fingerprint density at radius 1 is 1.17 bits per heavy atom. The first-order valence-electron chi connectivity index (χ1n) is 8.84. The average molecular weight is 411 g/mol. The van der Waals surface area contributed by atoms with Gasteiger partial charge in [0.1, 0.15) is 23.9 Å². The Morgan fingerprint density at radius 2 is 1.93 bits per heavy atom. The quantitative estimate of drug-likeness (QED) is 0.545. The summed E-state index contributed by atoms with van der Waals surface area (Å²) in [6.07, 6.45) is 2.75. The van der Waals surface area contributed by atoms with Crippen LogP contribution in [0.5, 0.6) is 11.6 Å². The Hall–Kier alpha value is -4.08. The van der Waals surface area contributed by atoms with E-state index in [1.807, 2.05) is 19.1 Å². The third-order valence-corrected chi connectivity index (χ3v) is 4.20. The Labute approximate surface area is 168 Å². The number of fused-ring (bicyclic) bond motifs is 1. The molecule has 1 amide bonds. The Bertz CT molecular complexity index is 1300. The van der Waals surface area contributed by atoms with Gasteiger partial charge in [-0.3, -0.25) is 4.79 Å². The molecule has 1 N–H and O–H groups in total. The third kappa shape index (κ3) is 3.88. The highest BCUT2D eigenvalue weighted by Gasteiger charge is 2.16. The highest BCUT2D eigenvalue weighted by molar-refractivity contribution is 5.90. The van der Waals surface area contributed by atoms with Gasteiger partial charge in [-0.05, 0) is 31.2 Å². The van der Waals surface area contributed by atoms with E-state index >= 15 is 0 Å². The number of benzene rings is 2. The minimum atomic E-state index is -0.801. The van der Waals surface area contributed by atoms with Gasteiger partial charge in [-0.1, -0.05) is 17.7 Å². The maximum Gasteiger partial charge on any atom is 0.351 e. The first-order chi connectivity index (χ1) is 14.4. The molecule has 0 unspecified atom stereocenters. The number of ether oxygens (including phenoxy) is 1. The number of aryl methyl sites for hydroxylation is 1. The van der Waals surface area contributed by atoms with Crippen LogP contribution in [0, 0.1) is 18.6 Å². The molecule has 0 aliphatic heterocycles. The van der Waals surface area contributed by atoms with E-state index in [4.69, 9.17) is 4.74 Å². The van der Waals surface area contributed by atoms with Gasteiger partial charge in [-0.2, -0.15) is 0 Å². The van der Waals surface area contributed by atoms with E-state index in [0.29, 0.717) is 5.75 Å². The van der Waals surface area contributed by atoms with Crippen molar-refractivity contribution in [1.82, 2.24) is 19.2 Å². The fourth-order valence-corrected chi connectivity index (χ4v) is 2.74. The molecule has 2 aromatic heterocycles. The van der Waals surface area contributed by atoms with Crippen LogP contribution in [-0.2, 0) is 11.3 Å². The molecule has 0 bridgehead atoms. The number of hydrogen-bond acceptors (Lipinski definition) is 5. The molecule has 0 spiro atoms. The topological polar surface area (TPSA) is 90.5 Å². The van der Waals surface area contributed by atoms with E-state index in [2.05, 4.69) is 15.4 Å². The molecule has 30 heavy (non-hydrogen) atoms. The van der Waals surface area contributed by atoms with Crippen molar-refractivity contribution in [1.29, 1.82) is 0 Å². The number of aromatic nitrogens is 4. The summed E-state index contributed by atoms with van der Waals surface area (Å²) in [7, 11) is 0. The van der Waals surface area contributed by atoms with Crippen LogP contribution in [0.3, 0.4) is 0 Å². The number of anilines is 1. The van der Waals surface area contributed by atoms with Crippen molar-refractivity contribution in [2.75, 3.05) is 5.32 Å². The summed E-state index contributed by atoms with van der Waals surface area (Å²) in [5, 5.41) is 6.32. The SMILES string of the molecule is Cc1ccc(Oc2nccn3c(=O)n(CC(=O)Nc4cc(F)ccc4F)nc23)cc1. The fraction of sp³-hybridized carbons (Fsp3) is 0.100. The van der Waals surface area contributed by atoms with Crippen molar-refractivity contribution in [3.63, 3.8) is 0 Å². The van der Waals surface area contributed by atoms with E-state index in [-0.39, 0.29) is 17.2 Å². The van der Waals surface area contributed by atoms with E-state index < -0.39 is 29.8 Å². The molecular formula is C20H15F2N5O3. The van der Waals surface area contributed by atoms with Crippen molar-refractivity contribution in [2.45, 2.75) is 13.5 Å². The Kier molecular flexibility index (Phi) is 4.97. The van der Waals surface area contributed by atoms with Crippen molar-refractivity contribution in [2.24, 2.45) is 0 Å². The van der Waals surface area contributed by atoms with Crippen LogP contribution >= 0.6 is 0 Å². The summed E-state index contributed by atoms with van der Waals surface area (Å²) in [6.45, 7) is 1.42. The minimum Gasteiger partial charge on any atom is -0.436 e. The summed E-state index contributed by atoms with van der Waals surface area (Å²) in [5.74, 6) is -1.68. The fourth-order valence-electron chi connectivity index (χ4n) is 2.74. The molecule has 2 aromatic carbocycles. The molecule has 0 aliphatic carbocycles. The molecular weight excluding hydrogens is 396 g/mol. The number of amides is 1. The number of carbonyl (C=O) groups is 1.